The van der Waals surface area contributed by atoms with Crippen molar-refractivity contribution in [3.05, 3.63) is 48.3 Å². The molecule has 3 rings (SSSR count). The van der Waals surface area contributed by atoms with Crippen LogP contribution in [0, 0.1) is 0 Å². The van der Waals surface area contributed by atoms with Crippen LogP contribution in [0.5, 0.6) is 0 Å². The van der Waals surface area contributed by atoms with Gasteiger partial charge < -0.3 is 15.2 Å². The normalized spacial score (nSPS) is 21.4. The van der Waals surface area contributed by atoms with Crippen molar-refractivity contribution in [2.24, 2.45) is 0 Å². The highest BCUT2D eigenvalue weighted by atomic mass is 16.5. The summed E-state index contributed by atoms with van der Waals surface area (Å²) in [7, 11) is 0. The third-order valence-corrected chi connectivity index (χ3v) is 3.50. The zero-order chi connectivity index (χ0) is 14.7. The Morgan fingerprint density at radius 2 is 2.19 bits per heavy atom. The van der Waals surface area contributed by atoms with Crippen LogP contribution >= 0.6 is 0 Å². The summed E-state index contributed by atoms with van der Waals surface area (Å²) in [5, 5.41) is 17.0. The van der Waals surface area contributed by atoms with Crippen molar-refractivity contribution in [2.45, 2.75) is 12.0 Å². The predicted molar refractivity (Wildman–Crippen MR) is 76.3 cm³/mol. The van der Waals surface area contributed by atoms with Gasteiger partial charge in [-0.1, -0.05) is 18.2 Å². The average molecular weight is 287 g/mol. The summed E-state index contributed by atoms with van der Waals surface area (Å²) in [5.41, 5.74) is 0.248. The van der Waals surface area contributed by atoms with Crippen LogP contribution in [-0.2, 0) is 4.74 Å². The maximum atomic E-state index is 12.0. The molecule has 2 N–H and O–H groups in total. The summed E-state index contributed by atoms with van der Waals surface area (Å²) in [6, 6.07) is 11.2. The number of aliphatic hydroxyl groups is 1. The second-order valence-corrected chi connectivity index (χ2v) is 5.19. The highest BCUT2D eigenvalue weighted by Crippen LogP contribution is 2.17. The quantitative estimate of drug-likeness (QED) is 0.870. The molecule has 0 spiro atoms. The first kappa shape index (κ1) is 13.8. The van der Waals surface area contributed by atoms with E-state index in [-0.39, 0.29) is 19.1 Å². The summed E-state index contributed by atoms with van der Waals surface area (Å²) in [6.45, 7) is 0.949. The zero-order valence-electron chi connectivity index (χ0n) is 11.5. The highest BCUT2D eigenvalue weighted by Gasteiger charge is 2.32. The highest BCUT2D eigenvalue weighted by molar-refractivity contribution is 5.92. The number of benzene rings is 1. The fraction of sp³-hybridized carbons (Fsp3) is 0.333. The molecule has 0 aliphatic carbocycles. The van der Waals surface area contributed by atoms with E-state index in [2.05, 4.69) is 10.4 Å². The second-order valence-electron chi connectivity index (χ2n) is 5.19. The summed E-state index contributed by atoms with van der Waals surface area (Å²) < 4.78 is 6.78. The Kier molecular flexibility index (Phi) is 3.72. The van der Waals surface area contributed by atoms with Crippen LogP contribution in [0.25, 0.3) is 5.69 Å². The summed E-state index contributed by atoms with van der Waals surface area (Å²) >= 11 is 0. The molecule has 0 bridgehead atoms. The van der Waals surface area contributed by atoms with Crippen molar-refractivity contribution in [3.63, 3.8) is 0 Å². The summed E-state index contributed by atoms with van der Waals surface area (Å²) in [4.78, 5) is 12.0. The number of nitrogens with one attached hydrogen (secondary N) is 1. The lowest BCUT2D eigenvalue weighted by Crippen LogP contribution is -2.43. The van der Waals surface area contributed by atoms with Gasteiger partial charge in [0.25, 0.3) is 5.91 Å². The van der Waals surface area contributed by atoms with Crippen molar-refractivity contribution in [1.82, 2.24) is 15.1 Å². The number of hydrogen-bond acceptors (Lipinski definition) is 4. The van der Waals surface area contributed by atoms with Gasteiger partial charge in [0.2, 0.25) is 0 Å². The number of amides is 1. The average Bonchev–Trinajstić information content (AvgIpc) is 3.16. The number of rotatable bonds is 4. The Balaban J connectivity index is 1.64. The molecule has 1 unspecified atom stereocenters. The fourth-order valence-corrected chi connectivity index (χ4v) is 2.24. The van der Waals surface area contributed by atoms with E-state index in [1.54, 1.807) is 16.9 Å². The number of carbonyl (C=O) groups excluding carboxylic acids is 1. The first-order valence-corrected chi connectivity index (χ1v) is 6.86. The van der Waals surface area contributed by atoms with E-state index in [1.165, 1.54) is 0 Å². The number of para-hydroxylation sites is 1. The van der Waals surface area contributed by atoms with E-state index in [0.717, 1.165) is 5.69 Å². The lowest BCUT2D eigenvalue weighted by Gasteiger charge is -2.20. The molecule has 6 heteroatoms. The Bertz CT molecular complexity index is 618. The van der Waals surface area contributed by atoms with Crippen molar-refractivity contribution in [2.75, 3.05) is 19.8 Å². The van der Waals surface area contributed by atoms with Crippen LogP contribution < -0.4 is 5.32 Å². The number of ether oxygens (including phenoxy) is 1. The van der Waals surface area contributed by atoms with Gasteiger partial charge in [-0.3, -0.25) is 4.79 Å². The van der Waals surface area contributed by atoms with E-state index in [4.69, 9.17) is 4.74 Å². The molecule has 1 amide bonds. The van der Waals surface area contributed by atoms with Crippen LogP contribution in [0.4, 0.5) is 0 Å². The van der Waals surface area contributed by atoms with Crippen molar-refractivity contribution in [3.8, 4) is 5.69 Å². The Morgan fingerprint density at radius 3 is 2.90 bits per heavy atom. The molecule has 1 aliphatic rings. The standard InChI is InChI=1S/C15H17N3O3/c19-14(16-10-15(20)7-9-21-11-15)13-6-8-18(17-13)12-4-2-1-3-5-12/h1-6,8,20H,7,9-11H2,(H,16,19). The minimum Gasteiger partial charge on any atom is -0.386 e. The maximum Gasteiger partial charge on any atom is 0.271 e. The molecule has 1 saturated heterocycles. The molecule has 1 aromatic heterocycles. The Labute approximate surface area is 122 Å². The third kappa shape index (κ3) is 3.12. The largest absolute Gasteiger partial charge is 0.386 e. The van der Waals surface area contributed by atoms with Crippen LogP contribution in [0.15, 0.2) is 42.6 Å². The number of hydrogen-bond donors (Lipinski definition) is 2. The molecular weight excluding hydrogens is 270 g/mol. The Morgan fingerprint density at radius 1 is 1.38 bits per heavy atom. The summed E-state index contributed by atoms with van der Waals surface area (Å²) in [5.74, 6) is -0.301. The molecule has 1 atom stereocenters. The van der Waals surface area contributed by atoms with Gasteiger partial charge in [-0.2, -0.15) is 5.10 Å². The van der Waals surface area contributed by atoms with Gasteiger partial charge >= 0.3 is 0 Å². The van der Waals surface area contributed by atoms with E-state index in [0.29, 0.717) is 18.7 Å². The molecule has 0 saturated carbocycles. The van der Waals surface area contributed by atoms with Crippen LogP contribution in [0.1, 0.15) is 16.9 Å². The molecule has 2 heterocycles. The molecule has 1 fully saturated rings. The van der Waals surface area contributed by atoms with Crippen LogP contribution in [-0.4, -0.2) is 46.2 Å². The van der Waals surface area contributed by atoms with Crippen molar-refractivity contribution >= 4 is 5.91 Å². The van der Waals surface area contributed by atoms with E-state index >= 15 is 0 Å². The minimum atomic E-state index is -0.961. The first-order valence-electron chi connectivity index (χ1n) is 6.86. The number of aromatic nitrogens is 2. The van der Waals surface area contributed by atoms with E-state index < -0.39 is 5.60 Å². The third-order valence-electron chi connectivity index (χ3n) is 3.50. The molecule has 1 aliphatic heterocycles. The SMILES string of the molecule is O=C(NCC1(O)CCOC1)c1ccn(-c2ccccc2)n1. The molecule has 21 heavy (non-hydrogen) atoms. The maximum absolute atomic E-state index is 12.0. The van der Waals surface area contributed by atoms with Gasteiger partial charge in [0.15, 0.2) is 5.69 Å². The zero-order valence-corrected chi connectivity index (χ0v) is 11.5. The number of carbonyl (C=O) groups is 1. The van der Waals surface area contributed by atoms with E-state index in [9.17, 15) is 9.90 Å². The molecule has 6 nitrogen and oxygen atoms in total. The van der Waals surface area contributed by atoms with Gasteiger partial charge in [0.05, 0.1) is 12.3 Å². The summed E-state index contributed by atoms with van der Waals surface area (Å²) in [6.07, 6.45) is 2.27. The molecular formula is C15H17N3O3. The molecule has 110 valence electrons. The molecule has 1 aromatic carbocycles. The lowest BCUT2D eigenvalue weighted by atomic mass is 10.0. The van der Waals surface area contributed by atoms with Crippen LogP contribution in [0.2, 0.25) is 0 Å². The first-order chi connectivity index (χ1) is 10.2. The topological polar surface area (TPSA) is 76.4 Å². The van der Waals surface area contributed by atoms with Gasteiger partial charge in [-0.05, 0) is 18.2 Å². The van der Waals surface area contributed by atoms with E-state index in [1.807, 2.05) is 30.3 Å². The Hall–Kier alpha value is -2.18. The van der Waals surface area contributed by atoms with Gasteiger partial charge in [-0.25, -0.2) is 4.68 Å². The van der Waals surface area contributed by atoms with Gasteiger partial charge in [-0.15, -0.1) is 0 Å². The van der Waals surface area contributed by atoms with Gasteiger partial charge in [0, 0.05) is 25.8 Å². The predicted octanol–water partition coefficient (Wildman–Crippen LogP) is 0.753. The number of nitrogens with zero attached hydrogens (tertiary/aromatic N) is 2. The monoisotopic (exact) mass is 287 g/mol. The second kappa shape index (κ2) is 5.67. The fourth-order valence-electron chi connectivity index (χ4n) is 2.24. The molecule has 0 radical (unpaired) electrons. The smallest absolute Gasteiger partial charge is 0.271 e. The van der Waals surface area contributed by atoms with Crippen molar-refractivity contribution in [1.29, 1.82) is 0 Å². The van der Waals surface area contributed by atoms with Crippen LogP contribution in [0.3, 0.4) is 0 Å². The minimum absolute atomic E-state index is 0.171. The van der Waals surface area contributed by atoms with Gasteiger partial charge in [0.1, 0.15) is 5.60 Å². The lowest BCUT2D eigenvalue weighted by molar-refractivity contribution is 0.0264. The molecule has 2 aromatic rings. The van der Waals surface area contributed by atoms with Crippen molar-refractivity contribution < 1.29 is 14.6 Å².